The molecule has 64 valence electrons. The van der Waals surface area contributed by atoms with Crippen molar-refractivity contribution in [3.05, 3.63) is 12.2 Å². The molecule has 0 aliphatic carbocycles. The van der Waals surface area contributed by atoms with E-state index in [0.29, 0.717) is 12.3 Å². The van der Waals surface area contributed by atoms with Gasteiger partial charge in [0.05, 0.1) is 0 Å². The number of aldehydes is 1. The largest absolute Gasteiger partial charge is 0.303 e. The highest BCUT2D eigenvalue weighted by Crippen LogP contribution is 2.06. The highest BCUT2D eigenvalue weighted by molar-refractivity contribution is 5.49. The minimum Gasteiger partial charge on any atom is -0.303 e. The number of carbonyl (C=O) groups excluding carboxylic acids is 1. The van der Waals surface area contributed by atoms with Crippen molar-refractivity contribution >= 4 is 6.29 Å². The van der Waals surface area contributed by atoms with Crippen LogP contribution in [-0.4, -0.2) is 6.29 Å². The first-order valence-corrected chi connectivity index (χ1v) is 4.39. The first kappa shape index (κ1) is 10.4. The summed E-state index contributed by atoms with van der Waals surface area (Å²) in [4.78, 5) is 10.1. The molecule has 0 heterocycles. The second kappa shape index (κ2) is 7.52. The molecule has 11 heavy (non-hydrogen) atoms. The molecule has 0 aliphatic heterocycles. The summed E-state index contributed by atoms with van der Waals surface area (Å²) < 4.78 is 0. The minimum absolute atomic E-state index is 0.514. The summed E-state index contributed by atoms with van der Waals surface area (Å²) in [5, 5.41) is 0. The Labute approximate surface area is 69.5 Å². The lowest BCUT2D eigenvalue weighted by atomic mass is 10.0. The lowest BCUT2D eigenvalue weighted by Crippen LogP contribution is -1.92. The number of hydrogen-bond donors (Lipinski definition) is 0. The van der Waals surface area contributed by atoms with E-state index >= 15 is 0 Å². The Morgan fingerprint density at radius 1 is 1.27 bits per heavy atom. The summed E-state index contributed by atoms with van der Waals surface area (Å²) in [5.74, 6) is 0.514. The number of carbonyl (C=O) groups is 1. The maximum absolute atomic E-state index is 10.1. The van der Waals surface area contributed by atoms with Gasteiger partial charge in [0.25, 0.3) is 0 Å². The van der Waals surface area contributed by atoms with Crippen molar-refractivity contribution in [1.82, 2.24) is 0 Å². The van der Waals surface area contributed by atoms with Crippen molar-refractivity contribution in [2.24, 2.45) is 5.92 Å². The highest BCUT2D eigenvalue weighted by Gasteiger charge is 1.95. The molecule has 0 rings (SSSR count). The van der Waals surface area contributed by atoms with Crippen molar-refractivity contribution in [3.8, 4) is 0 Å². The molecule has 0 aromatic rings. The molecule has 1 unspecified atom stereocenters. The van der Waals surface area contributed by atoms with Crippen LogP contribution in [0, 0.1) is 5.92 Å². The van der Waals surface area contributed by atoms with Crippen LogP contribution in [0.15, 0.2) is 12.2 Å². The SMILES string of the molecule is CCCC=CCC(C)CC=O. The third-order valence-corrected chi connectivity index (χ3v) is 1.66. The van der Waals surface area contributed by atoms with Gasteiger partial charge in [-0.25, -0.2) is 0 Å². The van der Waals surface area contributed by atoms with Crippen LogP contribution in [0.5, 0.6) is 0 Å². The van der Waals surface area contributed by atoms with Crippen molar-refractivity contribution in [2.45, 2.75) is 39.5 Å². The summed E-state index contributed by atoms with van der Waals surface area (Å²) in [6, 6.07) is 0. The predicted molar refractivity (Wildman–Crippen MR) is 48.5 cm³/mol. The van der Waals surface area contributed by atoms with Gasteiger partial charge in [-0.2, -0.15) is 0 Å². The molecule has 0 N–H and O–H groups in total. The maximum Gasteiger partial charge on any atom is 0.120 e. The van der Waals surface area contributed by atoms with Crippen LogP contribution in [-0.2, 0) is 4.79 Å². The summed E-state index contributed by atoms with van der Waals surface area (Å²) in [6.07, 6.45) is 9.47. The van der Waals surface area contributed by atoms with Gasteiger partial charge < -0.3 is 4.79 Å². The zero-order valence-corrected chi connectivity index (χ0v) is 7.55. The lowest BCUT2D eigenvalue weighted by molar-refractivity contribution is -0.108. The average molecular weight is 154 g/mol. The van der Waals surface area contributed by atoms with Gasteiger partial charge in [0.2, 0.25) is 0 Å². The Balaban J connectivity index is 3.28. The minimum atomic E-state index is 0.514. The summed E-state index contributed by atoms with van der Waals surface area (Å²) in [6.45, 7) is 4.27. The monoisotopic (exact) mass is 154 g/mol. The number of allylic oxidation sites excluding steroid dienone is 2. The van der Waals surface area contributed by atoms with Gasteiger partial charge >= 0.3 is 0 Å². The second-order valence-corrected chi connectivity index (χ2v) is 3.00. The maximum atomic E-state index is 10.1. The molecule has 0 saturated heterocycles. The van der Waals surface area contributed by atoms with Gasteiger partial charge in [0.15, 0.2) is 0 Å². The first-order chi connectivity index (χ1) is 5.31. The highest BCUT2D eigenvalue weighted by atomic mass is 16.1. The van der Waals surface area contributed by atoms with Crippen LogP contribution in [0.1, 0.15) is 39.5 Å². The molecule has 0 aromatic carbocycles. The van der Waals surface area contributed by atoms with Crippen LogP contribution in [0.25, 0.3) is 0 Å². The molecule has 1 atom stereocenters. The molecule has 0 radical (unpaired) electrons. The van der Waals surface area contributed by atoms with E-state index in [2.05, 4.69) is 26.0 Å². The van der Waals surface area contributed by atoms with Crippen LogP contribution >= 0.6 is 0 Å². The van der Waals surface area contributed by atoms with E-state index in [4.69, 9.17) is 0 Å². The Hall–Kier alpha value is -0.590. The number of hydrogen-bond acceptors (Lipinski definition) is 1. The van der Waals surface area contributed by atoms with E-state index in [1.807, 2.05) is 0 Å². The van der Waals surface area contributed by atoms with Crippen LogP contribution in [0.2, 0.25) is 0 Å². The lowest BCUT2D eigenvalue weighted by Gasteiger charge is -2.00. The molecule has 1 heteroatoms. The molecular formula is C10H18O. The normalized spacial score (nSPS) is 13.6. The summed E-state index contributed by atoms with van der Waals surface area (Å²) in [5.41, 5.74) is 0. The Kier molecular flexibility index (Phi) is 7.11. The predicted octanol–water partition coefficient (Wildman–Crippen LogP) is 2.96. The van der Waals surface area contributed by atoms with Crippen molar-refractivity contribution in [3.63, 3.8) is 0 Å². The molecule has 1 nitrogen and oxygen atoms in total. The van der Waals surface area contributed by atoms with E-state index in [1.54, 1.807) is 0 Å². The number of rotatable bonds is 6. The second-order valence-electron chi connectivity index (χ2n) is 3.00. The Morgan fingerprint density at radius 2 is 2.00 bits per heavy atom. The van der Waals surface area contributed by atoms with Gasteiger partial charge in [-0.1, -0.05) is 32.4 Å². The zero-order chi connectivity index (χ0) is 8.53. The van der Waals surface area contributed by atoms with Gasteiger partial charge in [-0.05, 0) is 18.8 Å². The van der Waals surface area contributed by atoms with Crippen molar-refractivity contribution in [2.75, 3.05) is 0 Å². The van der Waals surface area contributed by atoms with E-state index in [9.17, 15) is 4.79 Å². The molecular weight excluding hydrogens is 136 g/mol. The van der Waals surface area contributed by atoms with E-state index < -0.39 is 0 Å². The molecule has 0 spiro atoms. The van der Waals surface area contributed by atoms with Gasteiger partial charge in [-0.15, -0.1) is 0 Å². The van der Waals surface area contributed by atoms with Crippen LogP contribution in [0.4, 0.5) is 0 Å². The van der Waals surface area contributed by atoms with Crippen LogP contribution < -0.4 is 0 Å². The van der Waals surface area contributed by atoms with E-state index in [1.165, 1.54) is 6.42 Å². The molecule has 0 bridgehead atoms. The third-order valence-electron chi connectivity index (χ3n) is 1.66. The molecule has 0 aromatic heterocycles. The zero-order valence-electron chi connectivity index (χ0n) is 7.55. The van der Waals surface area contributed by atoms with E-state index in [-0.39, 0.29) is 0 Å². The van der Waals surface area contributed by atoms with Gasteiger partial charge in [-0.3, -0.25) is 0 Å². The average Bonchev–Trinajstić information content (AvgIpc) is 1.99. The first-order valence-electron chi connectivity index (χ1n) is 4.39. The fourth-order valence-electron chi connectivity index (χ4n) is 0.874. The quantitative estimate of drug-likeness (QED) is 0.424. The van der Waals surface area contributed by atoms with Gasteiger partial charge in [0, 0.05) is 6.42 Å². The molecule has 0 amide bonds. The summed E-state index contributed by atoms with van der Waals surface area (Å²) in [7, 11) is 0. The molecule has 0 fully saturated rings. The van der Waals surface area contributed by atoms with Crippen LogP contribution in [0.3, 0.4) is 0 Å². The fraction of sp³-hybridized carbons (Fsp3) is 0.700. The fourth-order valence-corrected chi connectivity index (χ4v) is 0.874. The Morgan fingerprint density at radius 3 is 2.55 bits per heavy atom. The standard InChI is InChI=1S/C10H18O/c1-3-4-5-6-7-10(2)8-9-11/h5-6,9-10H,3-4,7-8H2,1-2H3. The van der Waals surface area contributed by atoms with Gasteiger partial charge in [0.1, 0.15) is 6.29 Å². The van der Waals surface area contributed by atoms with E-state index in [0.717, 1.165) is 19.1 Å². The molecule has 0 saturated carbocycles. The molecule has 0 aliphatic rings. The smallest absolute Gasteiger partial charge is 0.120 e. The van der Waals surface area contributed by atoms with Crippen molar-refractivity contribution < 1.29 is 4.79 Å². The number of unbranched alkanes of at least 4 members (excludes halogenated alkanes) is 1. The third kappa shape index (κ3) is 7.31. The van der Waals surface area contributed by atoms with Crippen molar-refractivity contribution in [1.29, 1.82) is 0 Å². The topological polar surface area (TPSA) is 17.1 Å². The Bertz CT molecular complexity index is 116. The summed E-state index contributed by atoms with van der Waals surface area (Å²) >= 11 is 0.